The molecule has 32 heavy (non-hydrogen) atoms. The standard InChI is InChI=1S/C22H19Cl2FN2O5/c1-12(27-19(28)11-31-14-4-5-16(24)17(25)10-14)7-8-26-21(30)22(2)20(29)15-9-13(23)3-6-18(15)32-22/h3-6,9-10H,1,7-8,11H2,2H3,(H,26,30)(H,27,28)/t22-/m0/s1. The molecule has 0 radical (unpaired) electrons. The predicted octanol–water partition coefficient (Wildman–Crippen LogP) is 3.68. The Hall–Kier alpha value is -3.10. The average molecular weight is 481 g/mol. The number of halogens is 3. The second kappa shape index (κ2) is 9.58. The van der Waals surface area contributed by atoms with Crippen molar-refractivity contribution in [3.8, 4) is 11.5 Å². The molecule has 0 saturated carbocycles. The summed E-state index contributed by atoms with van der Waals surface area (Å²) in [5.74, 6) is -1.84. The number of nitrogens with one attached hydrogen (secondary N) is 2. The molecule has 1 heterocycles. The lowest BCUT2D eigenvalue weighted by Gasteiger charge is -2.21. The number of Topliss-reactive ketones (excluding diaryl/α,β-unsaturated/α-hetero) is 1. The molecule has 2 aromatic carbocycles. The van der Waals surface area contributed by atoms with Crippen LogP contribution in [0.2, 0.25) is 10.0 Å². The highest BCUT2D eigenvalue weighted by molar-refractivity contribution is 6.31. The summed E-state index contributed by atoms with van der Waals surface area (Å²) >= 11 is 11.5. The minimum absolute atomic E-state index is 0.0523. The summed E-state index contributed by atoms with van der Waals surface area (Å²) in [6, 6.07) is 8.37. The van der Waals surface area contributed by atoms with Gasteiger partial charge in [0.05, 0.1) is 10.6 Å². The van der Waals surface area contributed by atoms with Gasteiger partial charge in [0.25, 0.3) is 11.8 Å². The lowest BCUT2D eigenvalue weighted by atomic mass is 9.96. The van der Waals surface area contributed by atoms with Gasteiger partial charge in [0.1, 0.15) is 17.3 Å². The zero-order valence-corrected chi connectivity index (χ0v) is 18.5. The van der Waals surface area contributed by atoms with Crippen LogP contribution in [0.1, 0.15) is 23.7 Å². The van der Waals surface area contributed by atoms with Gasteiger partial charge < -0.3 is 20.1 Å². The number of ketones is 1. The SMILES string of the molecule is C=C(CCNC(=O)[C@@]1(C)Oc2ccc(Cl)cc2C1=O)NC(=O)COc1ccc(Cl)c(F)c1. The predicted molar refractivity (Wildman–Crippen MR) is 117 cm³/mol. The molecule has 1 aliphatic rings. The quantitative estimate of drug-likeness (QED) is 0.562. The second-order valence-electron chi connectivity index (χ2n) is 7.13. The number of fused-ring (bicyclic) bond motifs is 1. The molecule has 0 unspecified atom stereocenters. The highest BCUT2D eigenvalue weighted by Crippen LogP contribution is 2.36. The van der Waals surface area contributed by atoms with Gasteiger partial charge >= 0.3 is 0 Å². The van der Waals surface area contributed by atoms with Crippen LogP contribution in [0, 0.1) is 5.82 Å². The number of ether oxygens (including phenoxy) is 2. The molecule has 0 bridgehead atoms. The van der Waals surface area contributed by atoms with E-state index in [1.165, 1.54) is 31.2 Å². The molecule has 168 valence electrons. The van der Waals surface area contributed by atoms with E-state index < -0.39 is 29.0 Å². The van der Waals surface area contributed by atoms with Crippen molar-refractivity contribution in [2.45, 2.75) is 18.9 Å². The summed E-state index contributed by atoms with van der Waals surface area (Å²) < 4.78 is 24.1. The van der Waals surface area contributed by atoms with Crippen LogP contribution in [-0.4, -0.2) is 36.4 Å². The van der Waals surface area contributed by atoms with Crippen molar-refractivity contribution >= 4 is 40.8 Å². The fraction of sp³-hybridized carbons (Fsp3) is 0.227. The highest BCUT2D eigenvalue weighted by Gasteiger charge is 2.50. The van der Waals surface area contributed by atoms with Crippen molar-refractivity contribution in [3.05, 3.63) is 70.1 Å². The number of carbonyl (C=O) groups is 3. The zero-order chi connectivity index (χ0) is 23.5. The van der Waals surface area contributed by atoms with Crippen LogP contribution in [0.3, 0.4) is 0 Å². The first-order chi connectivity index (χ1) is 15.1. The van der Waals surface area contributed by atoms with Crippen LogP contribution in [-0.2, 0) is 9.59 Å². The van der Waals surface area contributed by atoms with Crippen molar-refractivity contribution in [2.24, 2.45) is 0 Å². The lowest BCUT2D eigenvalue weighted by Crippen LogP contribution is -2.52. The molecule has 2 amide bonds. The molecule has 7 nitrogen and oxygen atoms in total. The third kappa shape index (κ3) is 5.20. The van der Waals surface area contributed by atoms with Gasteiger partial charge in [0, 0.05) is 29.8 Å². The summed E-state index contributed by atoms with van der Waals surface area (Å²) in [6.45, 7) is 4.83. The Kier molecular flexibility index (Phi) is 7.06. The number of rotatable bonds is 8. The topological polar surface area (TPSA) is 93.7 Å². The van der Waals surface area contributed by atoms with Crippen LogP contribution in [0.5, 0.6) is 11.5 Å². The van der Waals surface area contributed by atoms with E-state index in [1.54, 1.807) is 6.07 Å². The van der Waals surface area contributed by atoms with Gasteiger partial charge in [-0.2, -0.15) is 0 Å². The van der Waals surface area contributed by atoms with E-state index in [-0.39, 0.29) is 41.7 Å². The smallest absolute Gasteiger partial charge is 0.272 e. The van der Waals surface area contributed by atoms with Crippen molar-refractivity contribution in [2.75, 3.05) is 13.2 Å². The third-order valence-corrected chi connectivity index (χ3v) is 5.20. The molecule has 2 N–H and O–H groups in total. The Morgan fingerprint density at radius 3 is 2.69 bits per heavy atom. The molecule has 0 saturated heterocycles. The molecule has 2 aromatic rings. The third-order valence-electron chi connectivity index (χ3n) is 4.66. The zero-order valence-electron chi connectivity index (χ0n) is 17.0. The molecule has 0 spiro atoms. The van der Waals surface area contributed by atoms with Gasteiger partial charge in [0.15, 0.2) is 6.61 Å². The molecule has 1 atom stereocenters. The van der Waals surface area contributed by atoms with E-state index in [9.17, 15) is 18.8 Å². The molecule has 1 aliphatic heterocycles. The summed E-state index contributed by atoms with van der Waals surface area (Å²) in [5, 5.41) is 5.43. The minimum atomic E-state index is -1.71. The van der Waals surface area contributed by atoms with Crippen LogP contribution in [0.4, 0.5) is 4.39 Å². The summed E-state index contributed by atoms with van der Waals surface area (Å²) in [5.41, 5.74) is -1.15. The first-order valence-corrected chi connectivity index (χ1v) is 10.2. The maximum atomic E-state index is 13.4. The Labute approximate surface area is 193 Å². The monoisotopic (exact) mass is 480 g/mol. The molecule has 10 heteroatoms. The molecule has 3 rings (SSSR count). The van der Waals surface area contributed by atoms with E-state index in [0.717, 1.165) is 6.07 Å². The maximum absolute atomic E-state index is 13.4. The van der Waals surface area contributed by atoms with Gasteiger partial charge in [-0.1, -0.05) is 29.8 Å². The summed E-state index contributed by atoms with van der Waals surface area (Å²) in [7, 11) is 0. The van der Waals surface area contributed by atoms with E-state index in [1.807, 2.05) is 0 Å². The van der Waals surface area contributed by atoms with Crippen molar-refractivity contribution in [1.29, 1.82) is 0 Å². The van der Waals surface area contributed by atoms with Gasteiger partial charge in [0.2, 0.25) is 11.4 Å². The minimum Gasteiger partial charge on any atom is -0.484 e. The number of hydrogen-bond donors (Lipinski definition) is 2. The Morgan fingerprint density at radius 1 is 1.22 bits per heavy atom. The van der Waals surface area contributed by atoms with Gasteiger partial charge in [-0.25, -0.2) is 4.39 Å². The Balaban J connectivity index is 1.43. The van der Waals surface area contributed by atoms with E-state index in [0.29, 0.717) is 10.7 Å². The summed E-state index contributed by atoms with van der Waals surface area (Å²) in [4.78, 5) is 37.2. The van der Waals surface area contributed by atoms with Crippen molar-refractivity contribution in [3.63, 3.8) is 0 Å². The molecule has 0 fully saturated rings. The normalized spacial score (nSPS) is 16.7. The lowest BCUT2D eigenvalue weighted by molar-refractivity contribution is -0.131. The van der Waals surface area contributed by atoms with Crippen LogP contribution in [0.15, 0.2) is 48.7 Å². The fourth-order valence-electron chi connectivity index (χ4n) is 2.95. The average Bonchev–Trinajstić information content (AvgIpc) is 3.00. The van der Waals surface area contributed by atoms with Gasteiger partial charge in [-0.05, 0) is 37.3 Å². The van der Waals surface area contributed by atoms with E-state index >= 15 is 0 Å². The van der Waals surface area contributed by atoms with Crippen molar-refractivity contribution in [1.82, 2.24) is 10.6 Å². The molecule has 0 aromatic heterocycles. The first-order valence-electron chi connectivity index (χ1n) is 9.47. The Morgan fingerprint density at radius 2 is 1.97 bits per heavy atom. The maximum Gasteiger partial charge on any atom is 0.272 e. The number of benzene rings is 2. The largest absolute Gasteiger partial charge is 0.484 e. The van der Waals surface area contributed by atoms with Gasteiger partial charge in [-0.15, -0.1) is 0 Å². The number of hydrogen-bond acceptors (Lipinski definition) is 5. The first kappa shape index (κ1) is 23.6. The van der Waals surface area contributed by atoms with E-state index in [2.05, 4.69) is 17.2 Å². The summed E-state index contributed by atoms with van der Waals surface area (Å²) in [6.07, 6.45) is 0.204. The highest BCUT2D eigenvalue weighted by atomic mass is 35.5. The number of amides is 2. The number of carbonyl (C=O) groups excluding carboxylic acids is 3. The second-order valence-corrected chi connectivity index (χ2v) is 7.97. The van der Waals surface area contributed by atoms with Crippen molar-refractivity contribution < 1.29 is 28.2 Å². The van der Waals surface area contributed by atoms with Gasteiger partial charge in [-0.3, -0.25) is 14.4 Å². The van der Waals surface area contributed by atoms with E-state index in [4.69, 9.17) is 32.7 Å². The van der Waals surface area contributed by atoms with Crippen LogP contribution >= 0.6 is 23.2 Å². The molecular weight excluding hydrogens is 462 g/mol. The van der Waals surface area contributed by atoms with Crippen LogP contribution in [0.25, 0.3) is 0 Å². The molecule has 0 aliphatic carbocycles. The fourth-order valence-corrected chi connectivity index (χ4v) is 3.24. The van der Waals surface area contributed by atoms with Crippen LogP contribution < -0.4 is 20.1 Å². The molecular formula is C22H19Cl2FN2O5. The Bertz CT molecular complexity index is 1110.